The number of nitrogens with one attached hydrogen (secondary N) is 1. The molecule has 148 valence electrons. The van der Waals surface area contributed by atoms with E-state index in [1.54, 1.807) is 11.3 Å². The fraction of sp³-hybridized carbons (Fsp3) is 0.714. The van der Waals surface area contributed by atoms with Crippen molar-refractivity contribution in [2.24, 2.45) is 23.2 Å². The number of hydrogen-bond donors (Lipinski definition) is 1. The molecule has 4 bridgehead atoms. The van der Waals surface area contributed by atoms with Gasteiger partial charge in [0.2, 0.25) is 0 Å². The summed E-state index contributed by atoms with van der Waals surface area (Å²) in [6, 6.07) is 4.24. The molecule has 4 nitrogen and oxygen atoms in total. The molecule has 0 saturated heterocycles. The minimum atomic E-state index is -0.311. The number of rotatable bonds is 8. The molecule has 27 heavy (non-hydrogen) atoms. The van der Waals surface area contributed by atoms with Gasteiger partial charge in [-0.3, -0.25) is 9.59 Å². The molecule has 4 saturated carbocycles. The summed E-state index contributed by atoms with van der Waals surface area (Å²) >= 11 is 3.21. The lowest BCUT2D eigenvalue weighted by Crippen LogP contribution is -2.56. The molecule has 4 aliphatic carbocycles. The number of thiophene rings is 1. The van der Waals surface area contributed by atoms with Gasteiger partial charge in [0, 0.05) is 16.7 Å². The third-order valence-corrected chi connectivity index (χ3v) is 8.80. The van der Waals surface area contributed by atoms with Crippen molar-refractivity contribution in [2.45, 2.75) is 57.2 Å². The van der Waals surface area contributed by atoms with Gasteiger partial charge in [-0.2, -0.15) is 0 Å². The normalized spacial score (nSPS) is 32.3. The molecule has 1 aromatic heterocycles. The fourth-order valence-corrected chi connectivity index (χ4v) is 7.62. The van der Waals surface area contributed by atoms with E-state index in [-0.39, 0.29) is 35.7 Å². The summed E-state index contributed by atoms with van der Waals surface area (Å²) in [7, 11) is 0. The molecule has 1 atom stereocenters. The van der Waals surface area contributed by atoms with Crippen LogP contribution in [0.2, 0.25) is 0 Å². The van der Waals surface area contributed by atoms with Crippen molar-refractivity contribution in [1.29, 1.82) is 0 Å². The predicted molar refractivity (Wildman–Crippen MR) is 110 cm³/mol. The summed E-state index contributed by atoms with van der Waals surface area (Å²) in [4.78, 5) is 25.4. The van der Waals surface area contributed by atoms with Crippen molar-refractivity contribution in [1.82, 2.24) is 5.32 Å². The van der Waals surface area contributed by atoms with E-state index in [9.17, 15) is 9.59 Å². The van der Waals surface area contributed by atoms with Gasteiger partial charge in [0.05, 0.1) is 5.75 Å². The first-order valence-corrected chi connectivity index (χ1v) is 12.1. The third kappa shape index (κ3) is 4.53. The maximum absolute atomic E-state index is 12.3. The van der Waals surface area contributed by atoms with E-state index in [4.69, 9.17) is 4.74 Å². The summed E-state index contributed by atoms with van der Waals surface area (Å²) in [6.07, 6.45) is 8.00. The Kier molecular flexibility index (Phi) is 5.83. The molecule has 4 aliphatic rings. The van der Waals surface area contributed by atoms with Crippen molar-refractivity contribution >= 4 is 35.0 Å². The van der Waals surface area contributed by atoms with Crippen molar-refractivity contribution in [2.75, 3.05) is 12.4 Å². The molecule has 6 heteroatoms. The van der Waals surface area contributed by atoms with Crippen molar-refractivity contribution in [3.05, 3.63) is 22.4 Å². The number of hydrogen-bond acceptors (Lipinski definition) is 5. The minimum Gasteiger partial charge on any atom is -0.455 e. The number of carbonyl (C=O) groups is 2. The van der Waals surface area contributed by atoms with E-state index < -0.39 is 0 Å². The summed E-state index contributed by atoms with van der Waals surface area (Å²) in [6.45, 7) is 2.00. The monoisotopic (exact) mass is 407 g/mol. The van der Waals surface area contributed by atoms with Crippen LogP contribution < -0.4 is 5.32 Å². The van der Waals surface area contributed by atoms with Gasteiger partial charge in [-0.1, -0.05) is 6.07 Å². The van der Waals surface area contributed by atoms with Gasteiger partial charge < -0.3 is 10.1 Å². The van der Waals surface area contributed by atoms with E-state index in [0.717, 1.165) is 23.5 Å². The van der Waals surface area contributed by atoms with Crippen LogP contribution in [0.4, 0.5) is 0 Å². The molecule has 5 rings (SSSR count). The summed E-state index contributed by atoms with van der Waals surface area (Å²) in [5, 5.41) is 5.18. The van der Waals surface area contributed by atoms with Crippen LogP contribution in [0, 0.1) is 23.2 Å². The highest BCUT2D eigenvalue weighted by Gasteiger charge is 2.53. The van der Waals surface area contributed by atoms with Crippen LogP contribution in [-0.2, 0) is 20.1 Å². The number of carbonyl (C=O) groups excluding carboxylic acids is 2. The van der Waals surface area contributed by atoms with Crippen LogP contribution in [0.25, 0.3) is 0 Å². The molecule has 0 aliphatic heterocycles. The Balaban J connectivity index is 1.18. The van der Waals surface area contributed by atoms with E-state index in [0.29, 0.717) is 0 Å². The Morgan fingerprint density at radius 3 is 2.52 bits per heavy atom. The van der Waals surface area contributed by atoms with E-state index in [2.05, 4.69) is 18.3 Å². The molecule has 1 N–H and O–H groups in total. The van der Waals surface area contributed by atoms with Gasteiger partial charge in [-0.15, -0.1) is 23.1 Å². The Morgan fingerprint density at radius 1 is 1.26 bits per heavy atom. The van der Waals surface area contributed by atoms with Crippen LogP contribution >= 0.6 is 23.1 Å². The second kappa shape index (κ2) is 8.16. The van der Waals surface area contributed by atoms with Gasteiger partial charge >= 0.3 is 5.97 Å². The second-order valence-electron chi connectivity index (χ2n) is 8.80. The minimum absolute atomic E-state index is 0.158. The molecule has 0 unspecified atom stereocenters. The maximum Gasteiger partial charge on any atom is 0.316 e. The quantitative estimate of drug-likeness (QED) is 0.655. The molecule has 0 aromatic carbocycles. The van der Waals surface area contributed by atoms with Gasteiger partial charge in [0.25, 0.3) is 5.91 Å². The number of ether oxygens (including phenoxy) is 1. The highest BCUT2D eigenvalue weighted by Crippen LogP contribution is 2.61. The Morgan fingerprint density at radius 2 is 1.93 bits per heavy atom. The van der Waals surface area contributed by atoms with Crippen molar-refractivity contribution in [3.8, 4) is 0 Å². The number of thioether (sulfide) groups is 1. The largest absolute Gasteiger partial charge is 0.455 e. The number of esters is 1. The van der Waals surface area contributed by atoms with E-state index in [1.165, 1.54) is 55.2 Å². The lowest BCUT2D eigenvalue weighted by atomic mass is 9.48. The highest BCUT2D eigenvalue weighted by atomic mass is 32.2. The summed E-state index contributed by atoms with van der Waals surface area (Å²) < 4.78 is 5.17. The molecule has 1 aromatic rings. The molecule has 0 radical (unpaired) electrons. The van der Waals surface area contributed by atoms with E-state index >= 15 is 0 Å². The first-order chi connectivity index (χ1) is 13.0. The Hall–Kier alpha value is -1.01. The van der Waals surface area contributed by atoms with Gasteiger partial charge in [0.15, 0.2) is 6.61 Å². The molecule has 1 heterocycles. The number of amides is 1. The van der Waals surface area contributed by atoms with E-state index in [1.807, 2.05) is 11.4 Å². The zero-order chi connectivity index (χ0) is 18.9. The SMILES string of the molecule is C[C@@H](NC(=O)COC(=O)CSCc1cccs1)C12CC3CC(CC(C3)C1)C2. The van der Waals surface area contributed by atoms with Crippen LogP contribution in [0.3, 0.4) is 0 Å². The van der Waals surface area contributed by atoms with Gasteiger partial charge in [0.1, 0.15) is 0 Å². The molecule has 1 amide bonds. The van der Waals surface area contributed by atoms with Crippen LogP contribution in [0.15, 0.2) is 17.5 Å². The first kappa shape index (κ1) is 19.3. The fourth-order valence-electron chi connectivity index (χ4n) is 5.96. The average Bonchev–Trinajstić information content (AvgIpc) is 3.12. The van der Waals surface area contributed by atoms with Crippen LogP contribution in [-0.4, -0.2) is 30.3 Å². The van der Waals surface area contributed by atoms with Crippen molar-refractivity contribution < 1.29 is 14.3 Å². The van der Waals surface area contributed by atoms with Gasteiger partial charge in [-0.25, -0.2) is 0 Å². The lowest BCUT2D eigenvalue weighted by molar-refractivity contribution is -0.147. The zero-order valence-corrected chi connectivity index (χ0v) is 17.6. The average molecular weight is 408 g/mol. The lowest BCUT2D eigenvalue weighted by Gasteiger charge is -2.59. The second-order valence-corrected chi connectivity index (χ2v) is 10.8. The Bertz CT molecular complexity index is 638. The van der Waals surface area contributed by atoms with Crippen LogP contribution in [0.5, 0.6) is 0 Å². The third-order valence-electron chi connectivity index (χ3n) is 6.79. The standard InChI is InChI=1S/C21H29NO3S2/c1-14(21-8-15-5-16(9-21)7-17(6-15)10-21)22-19(23)11-25-20(24)13-26-12-18-3-2-4-27-18/h2-4,14-17H,5-13H2,1H3,(H,22,23)/t14-,15?,16?,17?,21?/m1/s1. The first-order valence-electron chi connectivity index (χ1n) is 10.1. The summed E-state index contributed by atoms with van der Waals surface area (Å²) in [5.41, 5.74) is 0.283. The molecular weight excluding hydrogens is 378 g/mol. The molecule has 4 fully saturated rings. The zero-order valence-electron chi connectivity index (χ0n) is 15.9. The van der Waals surface area contributed by atoms with Gasteiger partial charge in [-0.05, 0) is 80.1 Å². The van der Waals surface area contributed by atoms with Crippen LogP contribution in [0.1, 0.15) is 50.3 Å². The molecule has 0 spiro atoms. The maximum atomic E-state index is 12.3. The predicted octanol–water partition coefficient (Wildman–Crippen LogP) is 4.25. The molecular formula is C21H29NO3S2. The van der Waals surface area contributed by atoms with Crippen molar-refractivity contribution in [3.63, 3.8) is 0 Å². The topological polar surface area (TPSA) is 55.4 Å². The highest BCUT2D eigenvalue weighted by molar-refractivity contribution is 7.99. The summed E-state index contributed by atoms with van der Waals surface area (Å²) in [5.74, 6) is 3.23. The Labute approximate surface area is 169 Å². The smallest absolute Gasteiger partial charge is 0.316 e.